The van der Waals surface area contributed by atoms with Crippen molar-refractivity contribution >= 4 is 21.5 Å². The van der Waals surface area contributed by atoms with Gasteiger partial charge in [-0.25, -0.2) is 9.97 Å². The maximum Gasteiger partial charge on any atom is 0.161 e. The Morgan fingerprint density at radius 1 is 0.322 bits per heavy atom. The van der Waals surface area contributed by atoms with Gasteiger partial charge in [0, 0.05) is 22.1 Å². The first-order valence-electron chi connectivity index (χ1n) is 20.4. The summed E-state index contributed by atoms with van der Waals surface area (Å²) in [6.07, 6.45) is 0. The van der Waals surface area contributed by atoms with Crippen LogP contribution in [0.2, 0.25) is 0 Å². The van der Waals surface area contributed by atoms with Gasteiger partial charge in [0.15, 0.2) is 5.82 Å². The summed E-state index contributed by atoms with van der Waals surface area (Å²) in [5.74, 6) is 0.704. The molecule has 0 N–H and O–H groups in total. The fourth-order valence-corrected chi connectivity index (χ4v) is 9.42. The predicted octanol–water partition coefficient (Wildman–Crippen LogP) is 15.1. The molecule has 10 aromatic rings. The van der Waals surface area contributed by atoms with Crippen molar-refractivity contribution in [2.24, 2.45) is 0 Å². The molecule has 0 unspecified atom stereocenters. The van der Waals surface area contributed by atoms with Crippen molar-refractivity contribution < 1.29 is 0 Å². The molecule has 0 fully saturated rings. The van der Waals surface area contributed by atoms with Gasteiger partial charge in [0.05, 0.1) is 11.4 Å². The first-order valence-corrected chi connectivity index (χ1v) is 20.4. The van der Waals surface area contributed by atoms with Gasteiger partial charge in [0.1, 0.15) is 0 Å². The third-order valence-electron chi connectivity index (χ3n) is 12.3. The number of fused-ring (bicyclic) bond motifs is 6. The van der Waals surface area contributed by atoms with Crippen molar-refractivity contribution in [3.05, 3.63) is 217 Å². The molecule has 9 aromatic carbocycles. The molecule has 1 aliphatic rings. The minimum absolute atomic E-state index is 0.0982. The molecule has 1 aliphatic carbocycles. The topological polar surface area (TPSA) is 25.8 Å². The van der Waals surface area contributed by atoms with Gasteiger partial charge in [-0.2, -0.15) is 0 Å². The van der Waals surface area contributed by atoms with E-state index in [9.17, 15) is 0 Å². The lowest BCUT2D eigenvalue weighted by Crippen LogP contribution is -2.15. The Balaban J connectivity index is 1.05. The molecule has 0 saturated carbocycles. The zero-order valence-corrected chi connectivity index (χ0v) is 33.0. The summed E-state index contributed by atoms with van der Waals surface area (Å²) in [6.45, 7) is 4.73. The summed E-state index contributed by atoms with van der Waals surface area (Å²) in [5, 5.41) is 4.92. The summed E-state index contributed by atoms with van der Waals surface area (Å²) in [4.78, 5) is 10.7. The number of rotatable bonds is 6. The monoisotopic (exact) mass is 752 g/mol. The Bertz CT molecular complexity index is 3220. The number of hydrogen-bond acceptors (Lipinski definition) is 2. The van der Waals surface area contributed by atoms with Crippen molar-refractivity contribution in [2.45, 2.75) is 19.3 Å². The van der Waals surface area contributed by atoms with Crippen LogP contribution in [0, 0.1) is 0 Å². The highest BCUT2D eigenvalue weighted by Gasteiger charge is 2.37. The van der Waals surface area contributed by atoms with Gasteiger partial charge >= 0.3 is 0 Å². The van der Waals surface area contributed by atoms with Crippen LogP contribution in [-0.2, 0) is 5.41 Å². The maximum atomic E-state index is 5.41. The minimum Gasteiger partial charge on any atom is -0.228 e. The summed E-state index contributed by atoms with van der Waals surface area (Å²) < 4.78 is 0. The Morgan fingerprint density at radius 3 is 1.63 bits per heavy atom. The van der Waals surface area contributed by atoms with Gasteiger partial charge in [-0.05, 0) is 95.4 Å². The molecule has 0 bridgehead atoms. The molecule has 59 heavy (non-hydrogen) atoms. The molecule has 0 saturated heterocycles. The number of aromatic nitrogens is 2. The molecule has 278 valence electrons. The molecule has 0 atom stereocenters. The van der Waals surface area contributed by atoms with Crippen molar-refractivity contribution in [1.82, 2.24) is 9.97 Å². The third-order valence-corrected chi connectivity index (χ3v) is 12.3. The van der Waals surface area contributed by atoms with Crippen molar-refractivity contribution in [1.29, 1.82) is 0 Å². The zero-order chi connectivity index (χ0) is 39.5. The number of nitrogens with zero attached hydrogens (tertiary/aromatic N) is 2. The quantitative estimate of drug-likeness (QED) is 0.169. The number of hydrogen-bond donors (Lipinski definition) is 0. The lowest BCUT2D eigenvalue weighted by Gasteiger charge is -2.23. The lowest BCUT2D eigenvalue weighted by atomic mass is 9.80. The molecule has 2 heteroatoms. The van der Waals surface area contributed by atoms with Gasteiger partial charge in [0.2, 0.25) is 0 Å². The van der Waals surface area contributed by atoms with Crippen LogP contribution in [-0.4, -0.2) is 9.97 Å². The van der Waals surface area contributed by atoms with Crippen molar-refractivity contribution in [3.63, 3.8) is 0 Å². The molecule has 11 rings (SSSR count). The highest BCUT2D eigenvalue weighted by atomic mass is 14.9. The van der Waals surface area contributed by atoms with Crippen LogP contribution in [0.5, 0.6) is 0 Å². The van der Waals surface area contributed by atoms with Gasteiger partial charge in [-0.3, -0.25) is 0 Å². The first-order chi connectivity index (χ1) is 29.0. The van der Waals surface area contributed by atoms with Gasteiger partial charge in [-0.1, -0.05) is 202 Å². The van der Waals surface area contributed by atoms with Crippen LogP contribution in [0.15, 0.2) is 206 Å². The molecular weight excluding hydrogens is 713 g/mol. The van der Waals surface area contributed by atoms with Crippen molar-refractivity contribution in [2.75, 3.05) is 0 Å². The smallest absolute Gasteiger partial charge is 0.161 e. The lowest BCUT2D eigenvalue weighted by molar-refractivity contribution is 0.666. The molecular formula is C57H40N2. The van der Waals surface area contributed by atoms with Crippen LogP contribution in [0.4, 0.5) is 0 Å². The second-order valence-corrected chi connectivity index (χ2v) is 16.1. The van der Waals surface area contributed by atoms with E-state index in [2.05, 4.69) is 214 Å². The minimum atomic E-state index is -0.0982. The highest BCUT2D eigenvalue weighted by Crippen LogP contribution is 2.52. The normalized spacial score (nSPS) is 12.7. The SMILES string of the molecule is CC1(C)c2ccc(-c3ccc(-c4nc(-c5ccccc5)cc(-c5ccccc5-c5ccc(-c6ccccc6)cc5)n4)c4ccccc34)cc2-c2ccc3ccccc3c21. The Morgan fingerprint density at radius 2 is 0.864 bits per heavy atom. The molecule has 0 radical (unpaired) electrons. The number of benzene rings is 9. The van der Waals surface area contributed by atoms with Crippen LogP contribution >= 0.6 is 0 Å². The first kappa shape index (κ1) is 34.8. The fraction of sp³-hybridized carbons (Fsp3) is 0.0526. The highest BCUT2D eigenvalue weighted by molar-refractivity contribution is 6.05. The second-order valence-electron chi connectivity index (χ2n) is 16.1. The van der Waals surface area contributed by atoms with Gasteiger partial charge < -0.3 is 0 Å². The predicted molar refractivity (Wildman–Crippen MR) is 247 cm³/mol. The van der Waals surface area contributed by atoms with Gasteiger partial charge in [-0.15, -0.1) is 0 Å². The molecule has 1 heterocycles. The van der Waals surface area contributed by atoms with Crippen LogP contribution in [0.1, 0.15) is 25.0 Å². The maximum absolute atomic E-state index is 5.41. The molecule has 1 aromatic heterocycles. The van der Waals surface area contributed by atoms with E-state index in [-0.39, 0.29) is 5.41 Å². The van der Waals surface area contributed by atoms with E-state index >= 15 is 0 Å². The average Bonchev–Trinajstić information content (AvgIpc) is 3.54. The Labute approximate surface area is 345 Å². The average molecular weight is 753 g/mol. The summed E-state index contributed by atoms with van der Waals surface area (Å²) in [7, 11) is 0. The van der Waals surface area contributed by atoms with Crippen LogP contribution < -0.4 is 0 Å². The summed E-state index contributed by atoms with van der Waals surface area (Å²) in [6, 6.07) is 74.2. The van der Waals surface area contributed by atoms with E-state index in [1.807, 2.05) is 6.07 Å². The van der Waals surface area contributed by atoms with E-state index in [4.69, 9.17) is 9.97 Å². The standard InChI is InChI=1S/C57H40N2/c1-57(2)52-34-30-42(35-51(52)49-31-29-39-17-9-10-21-45(39)55(49)57)44-32-33-50(47-23-13-12-22-46(44)47)56-58-53(41-18-7-4-8-19-41)36-54(59-56)48-24-14-11-20-43(48)40-27-25-38(26-28-40)37-15-5-3-6-16-37/h3-36H,1-2H3. The summed E-state index contributed by atoms with van der Waals surface area (Å²) >= 11 is 0. The van der Waals surface area contributed by atoms with E-state index < -0.39 is 0 Å². The van der Waals surface area contributed by atoms with Gasteiger partial charge in [0.25, 0.3) is 0 Å². The summed E-state index contributed by atoms with van der Waals surface area (Å²) in [5.41, 5.74) is 17.3. The van der Waals surface area contributed by atoms with E-state index in [1.165, 1.54) is 60.7 Å². The molecule has 0 spiro atoms. The van der Waals surface area contributed by atoms with Crippen molar-refractivity contribution in [3.8, 4) is 78.4 Å². The molecule has 2 nitrogen and oxygen atoms in total. The van der Waals surface area contributed by atoms with Crippen LogP contribution in [0.3, 0.4) is 0 Å². The van der Waals surface area contributed by atoms with E-state index in [0.717, 1.165) is 44.6 Å². The fourth-order valence-electron chi connectivity index (χ4n) is 9.42. The van der Waals surface area contributed by atoms with Crippen LogP contribution in [0.25, 0.3) is 100.0 Å². The van der Waals surface area contributed by atoms with E-state index in [1.54, 1.807) is 0 Å². The van der Waals surface area contributed by atoms with E-state index in [0.29, 0.717) is 5.82 Å². The largest absolute Gasteiger partial charge is 0.228 e. The Kier molecular flexibility index (Phi) is 8.20. The molecule has 0 amide bonds. The second kappa shape index (κ2) is 13.9. The zero-order valence-electron chi connectivity index (χ0n) is 33.0. The third kappa shape index (κ3) is 5.87. The Hall–Kier alpha value is -7.42. The molecule has 0 aliphatic heterocycles.